The molecule has 1 aromatic rings. The van der Waals surface area contributed by atoms with Crippen LogP contribution in [-0.4, -0.2) is 59.0 Å². The minimum Gasteiger partial charge on any atom is -0.378 e. The third kappa shape index (κ3) is 4.04. The SMILES string of the molecule is Cc1cnn(C(C)C(C)NC(C)C(=O)N2CCOCC2)c1. The molecule has 3 unspecified atom stereocenters. The molecule has 1 N–H and O–H groups in total. The van der Waals surface area contributed by atoms with Gasteiger partial charge in [0.05, 0.1) is 31.5 Å². The van der Waals surface area contributed by atoms with Gasteiger partial charge in [0.1, 0.15) is 0 Å². The first-order valence-electron chi connectivity index (χ1n) is 7.62. The summed E-state index contributed by atoms with van der Waals surface area (Å²) in [6.07, 6.45) is 3.88. The standard InChI is InChI=1S/C15H26N4O2/c1-11-9-16-19(10-11)14(4)12(2)17-13(3)15(20)18-5-7-21-8-6-18/h9-10,12-14,17H,5-8H2,1-4H3. The highest BCUT2D eigenvalue weighted by molar-refractivity contribution is 5.81. The van der Waals surface area contributed by atoms with Crippen molar-refractivity contribution in [1.29, 1.82) is 0 Å². The first-order valence-corrected chi connectivity index (χ1v) is 7.62. The summed E-state index contributed by atoms with van der Waals surface area (Å²) >= 11 is 0. The van der Waals surface area contributed by atoms with E-state index in [2.05, 4.69) is 24.3 Å². The molecule has 1 saturated heterocycles. The van der Waals surface area contributed by atoms with Crippen LogP contribution in [-0.2, 0) is 9.53 Å². The zero-order chi connectivity index (χ0) is 15.4. The van der Waals surface area contributed by atoms with E-state index in [4.69, 9.17) is 4.74 Å². The van der Waals surface area contributed by atoms with Crippen LogP contribution in [0.4, 0.5) is 0 Å². The molecule has 0 spiro atoms. The molecule has 2 rings (SSSR count). The molecule has 1 aliphatic rings. The van der Waals surface area contributed by atoms with Gasteiger partial charge in [0.25, 0.3) is 0 Å². The summed E-state index contributed by atoms with van der Waals surface area (Å²) in [6.45, 7) is 10.8. The van der Waals surface area contributed by atoms with Crippen molar-refractivity contribution in [3.63, 3.8) is 0 Å². The number of aromatic nitrogens is 2. The minimum absolute atomic E-state index is 0.147. The highest BCUT2D eigenvalue weighted by atomic mass is 16.5. The topological polar surface area (TPSA) is 59.4 Å². The van der Waals surface area contributed by atoms with Crippen LogP contribution in [0.25, 0.3) is 0 Å². The summed E-state index contributed by atoms with van der Waals surface area (Å²) in [4.78, 5) is 14.3. The van der Waals surface area contributed by atoms with Gasteiger partial charge in [-0.3, -0.25) is 9.48 Å². The highest BCUT2D eigenvalue weighted by Crippen LogP contribution is 2.12. The van der Waals surface area contributed by atoms with Gasteiger partial charge in [0.2, 0.25) is 5.91 Å². The molecule has 1 fully saturated rings. The van der Waals surface area contributed by atoms with Crippen LogP contribution in [0.3, 0.4) is 0 Å². The predicted molar refractivity (Wildman–Crippen MR) is 81.1 cm³/mol. The van der Waals surface area contributed by atoms with Crippen LogP contribution >= 0.6 is 0 Å². The van der Waals surface area contributed by atoms with E-state index in [9.17, 15) is 4.79 Å². The monoisotopic (exact) mass is 294 g/mol. The number of morpholine rings is 1. The molecule has 1 aliphatic heterocycles. The Morgan fingerprint density at radius 3 is 2.57 bits per heavy atom. The van der Waals surface area contributed by atoms with Gasteiger partial charge in [-0.2, -0.15) is 5.10 Å². The number of nitrogens with zero attached hydrogens (tertiary/aromatic N) is 3. The smallest absolute Gasteiger partial charge is 0.239 e. The van der Waals surface area contributed by atoms with E-state index in [1.807, 2.05) is 35.8 Å². The van der Waals surface area contributed by atoms with E-state index >= 15 is 0 Å². The molecule has 0 radical (unpaired) electrons. The fourth-order valence-electron chi connectivity index (χ4n) is 2.55. The van der Waals surface area contributed by atoms with Crippen LogP contribution in [0.1, 0.15) is 32.4 Å². The Hall–Kier alpha value is -1.40. The number of amides is 1. The average molecular weight is 294 g/mol. The van der Waals surface area contributed by atoms with Gasteiger partial charge in [-0.15, -0.1) is 0 Å². The maximum atomic E-state index is 12.4. The van der Waals surface area contributed by atoms with Crippen LogP contribution in [0.2, 0.25) is 0 Å². The lowest BCUT2D eigenvalue weighted by molar-refractivity contribution is -0.137. The zero-order valence-corrected chi connectivity index (χ0v) is 13.4. The maximum absolute atomic E-state index is 12.4. The van der Waals surface area contributed by atoms with Gasteiger partial charge in [-0.05, 0) is 33.3 Å². The van der Waals surface area contributed by atoms with Gasteiger partial charge in [0.15, 0.2) is 0 Å². The number of hydrogen-bond acceptors (Lipinski definition) is 4. The van der Waals surface area contributed by atoms with Crippen molar-refractivity contribution >= 4 is 5.91 Å². The molecular formula is C15H26N4O2. The largest absolute Gasteiger partial charge is 0.378 e. The van der Waals surface area contributed by atoms with Crippen molar-refractivity contribution in [1.82, 2.24) is 20.0 Å². The van der Waals surface area contributed by atoms with Gasteiger partial charge >= 0.3 is 0 Å². The molecule has 3 atom stereocenters. The summed E-state index contributed by atoms with van der Waals surface area (Å²) in [5.74, 6) is 0.147. The summed E-state index contributed by atoms with van der Waals surface area (Å²) in [7, 11) is 0. The molecule has 21 heavy (non-hydrogen) atoms. The number of rotatable bonds is 5. The Kier molecular flexibility index (Phi) is 5.36. The quantitative estimate of drug-likeness (QED) is 0.879. The number of carbonyl (C=O) groups excluding carboxylic acids is 1. The molecule has 0 aliphatic carbocycles. The fourth-order valence-corrected chi connectivity index (χ4v) is 2.55. The second-order valence-electron chi connectivity index (χ2n) is 5.85. The van der Waals surface area contributed by atoms with Gasteiger partial charge in [-0.1, -0.05) is 0 Å². The normalized spacial score (nSPS) is 20.1. The Labute approximate surface area is 126 Å². The van der Waals surface area contributed by atoms with E-state index < -0.39 is 0 Å². The van der Waals surface area contributed by atoms with E-state index in [0.717, 1.165) is 5.56 Å². The Balaban J connectivity index is 1.88. The van der Waals surface area contributed by atoms with Gasteiger partial charge in [0, 0.05) is 25.3 Å². The Morgan fingerprint density at radius 1 is 1.33 bits per heavy atom. The van der Waals surface area contributed by atoms with E-state index in [-0.39, 0.29) is 24.0 Å². The second kappa shape index (κ2) is 7.04. The number of aryl methyl sites for hydroxylation is 1. The first kappa shape index (κ1) is 16.0. The molecule has 118 valence electrons. The van der Waals surface area contributed by atoms with E-state index in [1.54, 1.807) is 0 Å². The molecule has 0 aromatic carbocycles. The van der Waals surface area contributed by atoms with Crippen LogP contribution in [0.15, 0.2) is 12.4 Å². The Bertz CT molecular complexity index is 468. The van der Waals surface area contributed by atoms with Crippen molar-refractivity contribution in [3.05, 3.63) is 18.0 Å². The summed E-state index contributed by atoms with van der Waals surface area (Å²) in [5, 5.41) is 7.74. The van der Waals surface area contributed by atoms with Gasteiger partial charge < -0.3 is 15.0 Å². The van der Waals surface area contributed by atoms with E-state index in [0.29, 0.717) is 26.3 Å². The van der Waals surface area contributed by atoms with E-state index in [1.165, 1.54) is 0 Å². The van der Waals surface area contributed by atoms with Gasteiger partial charge in [-0.25, -0.2) is 0 Å². The first-order chi connectivity index (χ1) is 9.99. The minimum atomic E-state index is -0.197. The molecule has 0 bridgehead atoms. The van der Waals surface area contributed by atoms with Crippen molar-refractivity contribution < 1.29 is 9.53 Å². The second-order valence-corrected chi connectivity index (χ2v) is 5.85. The third-order valence-corrected chi connectivity index (χ3v) is 4.08. The predicted octanol–water partition coefficient (Wildman–Crippen LogP) is 0.978. The number of hydrogen-bond donors (Lipinski definition) is 1. The van der Waals surface area contributed by atoms with Crippen LogP contribution in [0, 0.1) is 6.92 Å². The summed E-state index contributed by atoms with van der Waals surface area (Å²) in [6, 6.07) is 0.153. The van der Waals surface area contributed by atoms with Crippen molar-refractivity contribution in [2.24, 2.45) is 0 Å². The number of carbonyl (C=O) groups is 1. The molecule has 0 saturated carbocycles. The molecule has 6 nitrogen and oxygen atoms in total. The molecule has 1 amide bonds. The average Bonchev–Trinajstić information content (AvgIpc) is 2.93. The number of ether oxygens (including phenoxy) is 1. The molecule has 1 aromatic heterocycles. The van der Waals surface area contributed by atoms with Crippen molar-refractivity contribution in [2.75, 3.05) is 26.3 Å². The zero-order valence-electron chi connectivity index (χ0n) is 13.4. The summed E-state index contributed by atoms with van der Waals surface area (Å²) < 4.78 is 7.23. The summed E-state index contributed by atoms with van der Waals surface area (Å²) in [5.41, 5.74) is 1.14. The molecule has 2 heterocycles. The third-order valence-electron chi connectivity index (χ3n) is 4.08. The number of nitrogens with one attached hydrogen (secondary N) is 1. The van der Waals surface area contributed by atoms with Crippen molar-refractivity contribution in [3.8, 4) is 0 Å². The highest BCUT2D eigenvalue weighted by Gasteiger charge is 2.25. The Morgan fingerprint density at radius 2 is 2.00 bits per heavy atom. The van der Waals surface area contributed by atoms with Crippen LogP contribution in [0.5, 0.6) is 0 Å². The van der Waals surface area contributed by atoms with Crippen molar-refractivity contribution in [2.45, 2.75) is 45.8 Å². The van der Waals surface area contributed by atoms with Crippen LogP contribution < -0.4 is 5.32 Å². The lowest BCUT2D eigenvalue weighted by Gasteiger charge is -2.31. The lowest BCUT2D eigenvalue weighted by Crippen LogP contribution is -2.52. The molecular weight excluding hydrogens is 268 g/mol. The maximum Gasteiger partial charge on any atom is 0.239 e. The fraction of sp³-hybridized carbons (Fsp3) is 0.733. The molecule has 6 heteroatoms. The lowest BCUT2D eigenvalue weighted by atomic mass is 10.1.